The van der Waals surface area contributed by atoms with E-state index < -0.39 is 23.3 Å². The van der Waals surface area contributed by atoms with Crippen LogP contribution in [0.1, 0.15) is 42.5 Å². The van der Waals surface area contributed by atoms with E-state index in [1.165, 1.54) is 7.11 Å². The molecule has 0 bridgehead atoms. The van der Waals surface area contributed by atoms with E-state index in [0.29, 0.717) is 0 Å². The summed E-state index contributed by atoms with van der Waals surface area (Å²) in [4.78, 5) is 0. The van der Waals surface area contributed by atoms with Gasteiger partial charge in [0.25, 0.3) is 0 Å². The molecule has 1 heterocycles. The molecule has 0 aliphatic carbocycles. The minimum Gasteiger partial charge on any atom is -0.496 e. The molecule has 3 nitrogen and oxygen atoms in total. The molecule has 2 aromatic rings. The average molecular weight is 460 g/mol. The van der Waals surface area contributed by atoms with Crippen molar-refractivity contribution in [3.63, 3.8) is 0 Å². The van der Waals surface area contributed by atoms with Crippen molar-refractivity contribution in [3.05, 3.63) is 65.2 Å². The summed E-state index contributed by atoms with van der Waals surface area (Å²) in [6.45, 7) is 1.06. The first kappa shape index (κ1) is 24.4. The molecule has 0 saturated carbocycles. The van der Waals surface area contributed by atoms with E-state index in [-0.39, 0.29) is 36.9 Å². The monoisotopic (exact) mass is 460 g/mol. The normalized spacial score (nSPS) is 20.2. The molecule has 1 aliphatic rings. The van der Waals surface area contributed by atoms with E-state index in [1.807, 2.05) is 30.3 Å². The van der Waals surface area contributed by atoms with Gasteiger partial charge in [-0.15, -0.1) is 0 Å². The van der Waals surface area contributed by atoms with Gasteiger partial charge < -0.3 is 15.4 Å². The summed E-state index contributed by atoms with van der Waals surface area (Å²) in [6.07, 6.45) is -9.29. The number of hydrogen-bond acceptors (Lipinski definition) is 3. The third-order valence-electron chi connectivity index (χ3n) is 6.16. The summed E-state index contributed by atoms with van der Waals surface area (Å²) in [5, 5.41) is 6.75. The lowest BCUT2D eigenvalue weighted by Gasteiger charge is -2.35. The van der Waals surface area contributed by atoms with E-state index in [0.717, 1.165) is 43.1 Å². The summed E-state index contributed by atoms with van der Waals surface area (Å²) in [5.41, 5.74) is -3.55. The van der Waals surface area contributed by atoms with Crippen LogP contribution in [0.15, 0.2) is 48.5 Å². The molecule has 2 N–H and O–H groups in total. The second kappa shape index (κ2) is 9.31. The Balaban J connectivity index is 1.89. The van der Waals surface area contributed by atoms with Gasteiger partial charge in [0.05, 0.1) is 7.11 Å². The molecule has 0 spiro atoms. The van der Waals surface area contributed by atoms with E-state index in [4.69, 9.17) is 4.74 Å². The highest BCUT2D eigenvalue weighted by Crippen LogP contribution is 2.52. The second-order valence-corrected chi connectivity index (χ2v) is 8.12. The highest BCUT2D eigenvalue weighted by molar-refractivity contribution is 5.42. The van der Waals surface area contributed by atoms with Crippen LogP contribution in [0.4, 0.5) is 26.3 Å². The fraction of sp³-hybridized carbons (Fsp3) is 0.478. The van der Waals surface area contributed by atoms with Crippen LogP contribution < -0.4 is 15.4 Å². The lowest BCUT2D eigenvalue weighted by atomic mass is 9.80. The molecule has 0 amide bonds. The van der Waals surface area contributed by atoms with Gasteiger partial charge in [0.15, 0.2) is 5.41 Å². The zero-order valence-electron chi connectivity index (χ0n) is 17.8. The molecule has 0 unspecified atom stereocenters. The van der Waals surface area contributed by atoms with Gasteiger partial charge >= 0.3 is 12.4 Å². The van der Waals surface area contributed by atoms with E-state index >= 15 is 0 Å². The standard InChI is InChI=1S/C23H26F6N2O/c1-21(22(24,25)26,23(27,28)29)17-10-11-19(32-2)16(13-17)14-31-18-9-6-12-30-20(18)15-7-4-3-5-8-15/h3-5,7-8,10-11,13,18,20,30-31H,6,9,12,14H2,1-2H3/t18-,20-/m0/s1. The molecule has 9 heteroatoms. The molecule has 1 aliphatic heterocycles. The lowest BCUT2D eigenvalue weighted by Crippen LogP contribution is -2.51. The van der Waals surface area contributed by atoms with Crippen LogP contribution in [0.25, 0.3) is 0 Å². The van der Waals surface area contributed by atoms with E-state index in [2.05, 4.69) is 10.6 Å². The van der Waals surface area contributed by atoms with Crippen molar-refractivity contribution in [2.75, 3.05) is 13.7 Å². The first-order chi connectivity index (χ1) is 15.0. The maximum Gasteiger partial charge on any atom is 0.406 e. The van der Waals surface area contributed by atoms with Crippen LogP contribution >= 0.6 is 0 Å². The van der Waals surface area contributed by atoms with Crippen LogP contribution in [0.3, 0.4) is 0 Å². The Hall–Kier alpha value is -2.26. The topological polar surface area (TPSA) is 33.3 Å². The Morgan fingerprint density at radius 3 is 2.25 bits per heavy atom. The first-order valence-corrected chi connectivity index (χ1v) is 10.3. The molecule has 32 heavy (non-hydrogen) atoms. The van der Waals surface area contributed by atoms with E-state index in [1.54, 1.807) is 0 Å². The third-order valence-corrected chi connectivity index (χ3v) is 6.16. The molecule has 2 aromatic carbocycles. The Labute approximate surface area is 183 Å². The predicted octanol–water partition coefficient (Wildman–Crippen LogP) is 5.66. The number of ether oxygens (including phenoxy) is 1. The number of hydrogen-bond donors (Lipinski definition) is 2. The zero-order chi connectivity index (χ0) is 23.6. The van der Waals surface area contributed by atoms with Crippen molar-refractivity contribution in [2.24, 2.45) is 0 Å². The van der Waals surface area contributed by atoms with Gasteiger partial charge in [0.2, 0.25) is 0 Å². The number of methoxy groups -OCH3 is 1. The highest BCUT2D eigenvalue weighted by atomic mass is 19.4. The van der Waals surface area contributed by atoms with Crippen molar-refractivity contribution in [1.29, 1.82) is 0 Å². The van der Waals surface area contributed by atoms with Gasteiger partial charge in [0, 0.05) is 24.2 Å². The Bertz CT molecular complexity index is 884. The molecule has 2 atom stereocenters. The number of nitrogens with one attached hydrogen (secondary N) is 2. The summed E-state index contributed by atoms with van der Waals surface area (Å²) < 4.78 is 86.5. The smallest absolute Gasteiger partial charge is 0.406 e. The summed E-state index contributed by atoms with van der Waals surface area (Å²) in [7, 11) is 1.33. The second-order valence-electron chi connectivity index (χ2n) is 8.12. The lowest BCUT2D eigenvalue weighted by molar-refractivity contribution is -0.297. The van der Waals surface area contributed by atoms with Gasteiger partial charge in [-0.3, -0.25) is 0 Å². The van der Waals surface area contributed by atoms with Gasteiger partial charge in [-0.2, -0.15) is 26.3 Å². The molecular formula is C23H26F6N2O. The molecular weight excluding hydrogens is 434 g/mol. The fourth-order valence-corrected chi connectivity index (χ4v) is 4.08. The summed E-state index contributed by atoms with van der Waals surface area (Å²) in [5.74, 6) is 0.230. The quantitative estimate of drug-likeness (QED) is 0.546. The maximum atomic E-state index is 13.5. The molecule has 0 radical (unpaired) electrons. The number of benzene rings is 2. The van der Waals surface area contributed by atoms with Gasteiger partial charge in [-0.05, 0) is 49.6 Å². The zero-order valence-corrected chi connectivity index (χ0v) is 17.8. The van der Waals surface area contributed by atoms with Crippen LogP contribution in [-0.4, -0.2) is 32.0 Å². The number of alkyl halides is 6. The Morgan fingerprint density at radius 1 is 1.00 bits per heavy atom. The Kier molecular flexibility index (Phi) is 7.09. The van der Waals surface area contributed by atoms with Crippen LogP contribution in [-0.2, 0) is 12.0 Å². The summed E-state index contributed by atoms with van der Waals surface area (Å²) >= 11 is 0. The Morgan fingerprint density at radius 2 is 1.66 bits per heavy atom. The van der Waals surface area contributed by atoms with Gasteiger partial charge in [-0.25, -0.2) is 0 Å². The van der Waals surface area contributed by atoms with Gasteiger partial charge in [-0.1, -0.05) is 36.4 Å². The molecule has 0 aromatic heterocycles. The summed E-state index contributed by atoms with van der Waals surface area (Å²) in [6, 6.07) is 12.6. The number of halogens is 6. The molecule has 3 rings (SSSR count). The predicted molar refractivity (Wildman–Crippen MR) is 110 cm³/mol. The van der Waals surface area contributed by atoms with Crippen molar-refractivity contribution >= 4 is 0 Å². The third kappa shape index (κ3) is 4.73. The SMILES string of the molecule is COc1ccc(C(C)(C(F)(F)F)C(F)(F)F)cc1CN[C@H]1CCCN[C@H]1c1ccccc1. The van der Waals surface area contributed by atoms with Crippen molar-refractivity contribution in [1.82, 2.24) is 10.6 Å². The number of rotatable bonds is 6. The van der Waals surface area contributed by atoms with Crippen LogP contribution in [0, 0.1) is 0 Å². The molecule has 1 saturated heterocycles. The van der Waals surface area contributed by atoms with E-state index in [9.17, 15) is 26.3 Å². The van der Waals surface area contributed by atoms with Crippen LogP contribution in [0.2, 0.25) is 0 Å². The van der Waals surface area contributed by atoms with Crippen LogP contribution in [0.5, 0.6) is 5.75 Å². The minimum absolute atomic E-state index is 0.0188. The highest BCUT2D eigenvalue weighted by Gasteiger charge is 2.68. The first-order valence-electron chi connectivity index (χ1n) is 10.3. The maximum absolute atomic E-state index is 13.5. The van der Waals surface area contributed by atoms with Crippen molar-refractivity contribution in [3.8, 4) is 5.75 Å². The minimum atomic E-state index is -5.50. The van der Waals surface area contributed by atoms with Crippen molar-refractivity contribution in [2.45, 2.75) is 56.2 Å². The van der Waals surface area contributed by atoms with Gasteiger partial charge in [0.1, 0.15) is 5.75 Å². The molecule has 176 valence electrons. The average Bonchev–Trinajstić information content (AvgIpc) is 2.76. The largest absolute Gasteiger partial charge is 0.496 e. The molecule has 1 fully saturated rings. The number of piperidine rings is 1. The fourth-order valence-electron chi connectivity index (χ4n) is 4.08. The van der Waals surface area contributed by atoms with Crippen molar-refractivity contribution < 1.29 is 31.1 Å².